The number of aliphatic hydroxyl groups excluding tert-OH is 1. The molecule has 1 N–H and O–H groups in total. The van der Waals surface area contributed by atoms with Crippen LogP contribution in [0.15, 0.2) is 24.3 Å². The highest BCUT2D eigenvalue weighted by atomic mass is 16.3. The number of nitrogens with zero attached hydrogens (tertiary/aromatic N) is 1. The number of hydrogen-bond acceptors (Lipinski definition) is 2. The van der Waals surface area contributed by atoms with Crippen LogP contribution in [-0.2, 0) is 6.54 Å². The summed E-state index contributed by atoms with van der Waals surface area (Å²) in [4.78, 5) is 13.7. The summed E-state index contributed by atoms with van der Waals surface area (Å²) in [6.45, 7) is 2.65. The van der Waals surface area contributed by atoms with Crippen molar-refractivity contribution in [3.05, 3.63) is 35.4 Å². The molecule has 15 heavy (non-hydrogen) atoms. The van der Waals surface area contributed by atoms with E-state index in [1.165, 1.54) is 0 Å². The Kier molecular flexibility index (Phi) is 2.73. The monoisotopic (exact) mass is 205 g/mol. The van der Waals surface area contributed by atoms with Crippen molar-refractivity contribution in [3.8, 4) is 0 Å². The highest BCUT2D eigenvalue weighted by molar-refractivity contribution is 5.98. The van der Waals surface area contributed by atoms with Crippen molar-refractivity contribution >= 4 is 5.91 Å². The fraction of sp³-hybridized carbons (Fsp3) is 0.417. The summed E-state index contributed by atoms with van der Waals surface area (Å²) in [5.74, 6) is 0.0477. The molecule has 0 fully saturated rings. The lowest BCUT2D eigenvalue weighted by atomic mass is 10.1. The van der Waals surface area contributed by atoms with Crippen molar-refractivity contribution in [2.45, 2.75) is 25.9 Å². The van der Waals surface area contributed by atoms with Crippen molar-refractivity contribution < 1.29 is 9.90 Å². The minimum absolute atomic E-state index is 0.0379. The molecule has 80 valence electrons. The summed E-state index contributed by atoms with van der Waals surface area (Å²) in [5.41, 5.74) is 1.85. The van der Waals surface area contributed by atoms with E-state index in [0.29, 0.717) is 6.54 Å². The first-order chi connectivity index (χ1) is 7.27. The second-order valence-electron chi connectivity index (χ2n) is 3.83. The first kappa shape index (κ1) is 10.2. The SMILES string of the molecule is CC[C@H](CO)N1Cc2ccccc2C1=O. The van der Waals surface area contributed by atoms with Gasteiger partial charge >= 0.3 is 0 Å². The van der Waals surface area contributed by atoms with Crippen LogP contribution in [0.3, 0.4) is 0 Å². The summed E-state index contributed by atoms with van der Waals surface area (Å²) in [6, 6.07) is 7.58. The highest BCUT2D eigenvalue weighted by Crippen LogP contribution is 2.24. The summed E-state index contributed by atoms with van der Waals surface area (Å²) in [5, 5.41) is 9.19. The molecule has 1 aliphatic rings. The van der Waals surface area contributed by atoms with Crippen molar-refractivity contribution in [2.75, 3.05) is 6.61 Å². The predicted octanol–water partition coefficient (Wildman–Crippen LogP) is 1.41. The lowest BCUT2D eigenvalue weighted by Gasteiger charge is -2.24. The largest absolute Gasteiger partial charge is 0.394 e. The van der Waals surface area contributed by atoms with Crippen LogP contribution in [0.25, 0.3) is 0 Å². The molecule has 3 nitrogen and oxygen atoms in total. The smallest absolute Gasteiger partial charge is 0.254 e. The van der Waals surface area contributed by atoms with Gasteiger partial charge in [-0.3, -0.25) is 4.79 Å². The van der Waals surface area contributed by atoms with Crippen molar-refractivity contribution in [3.63, 3.8) is 0 Å². The molecule has 3 heteroatoms. The highest BCUT2D eigenvalue weighted by Gasteiger charge is 2.30. The molecular weight excluding hydrogens is 190 g/mol. The summed E-state index contributed by atoms with van der Waals surface area (Å²) in [6.07, 6.45) is 0.788. The summed E-state index contributed by atoms with van der Waals surface area (Å²) in [7, 11) is 0. The van der Waals surface area contributed by atoms with Crippen molar-refractivity contribution in [2.24, 2.45) is 0 Å². The standard InChI is InChI=1S/C12H15NO2/c1-2-10(8-14)13-7-9-5-3-4-6-11(9)12(13)15/h3-6,10,14H,2,7-8H2,1H3/t10-/m1/s1. The van der Waals surface area contributed by atoms with Gasteiger partial charge in [0.1, 0.15) is 0 Å². The third-order valence-corrected chi connectivity index (χ3v) is 2.97. The van der Waals surface area contributed by atoms with Crippen LogP contribution in [0, 0.1) is 0 Å². The fourth-order valence-corrected chi connectivity index (χ4v) is 2.02. The van der Waals surface area contributed by atoms with Gasteiger partial charge in [-0.05, 0) is 18.1 Å². The summed E-state index contributed by atoms with van der Waals surface area (Å²) < 4.78 is 0. The quantitative estimate of drug-likeness (QED) is 0.810. The third-order valence-electron chi connectivity index (χ3n) is 2.97. The van der Waals surface area contributed by atoms with E-state index in [1.54, 1.807) is 4.90 Å². The van der Waals surface area contributed by atoms with Gasteiger partial charge in [0.15, 0.2) is 0 Å². The molecule has 0 aromatic heterocycles. The molecule has 0 unspecified atom stereocenters. The van der Waals surface area contributed by atoms with Gasteiger partial charge in [0, 0.05) is 12.1 Å². The van der Waals surface area contributed by atoms with Crippen LogP contribution in [0.5, 0.6) is 0 Å². The fourth-order valence-electron chi connectivity index (χ4n) is 2.02. The number of fused-ring (bicyclic) bond motifs is 1. The molecule has 1 heterocycles. The first-order valence-corrected chi connectivity index (χ1v) is 5.27. The number of carbonyl (C=O) groups excluding carboxylic acids is 1. The first-order valence-electron chi connectivity index (χ1n) is 5.27. The molecular formula is C12H15NO2. The lowest BCUT2D eigenvalue weighted by molar-refractivity contribution is 0.0611. The number of aliphatic hydroxyl groups is 1. The Morgan fingerprint density at radius 2 is 2.20 bits per heavy atom. The maximum Gasteiger partial charge on any atom is 0.254 e. The third kappa shape index (κ3) is 1.63. The number of amides is 1. The predicted molar refractivity (Wildman–Crippen MR) is 57.5 cm³/mol. The van der Waals surface area contributed by atoms with E-state index in [2.05, 4.69) is 0 Å². The van der Waals surface area contributed by atoms with E-state index in [1.807, 2.05) is 31.2 Å². The van der Waals surface area contributed by atoms with Crippen LogP contribution in [0.2, 0.25) is 0 Å². The second-order valence-corrected chi connectivity index (χ2v) is 3.83. The van der Waals surface area contributed by atoms with Gasteiger partial charge in [-0.2, -0.15) is 0 Å². The molecule has 1 amide bonds. The zero-order valence-electron chi connectivity index (χ0n) is 8.81. The van der Waals surface area contributed by atoms with E-state index >= 15 is 0 Å². The van der Waals surface area contributed by atoms with Crippen LogP contribution < -0.4 is 0 Å². The van der Waals surface area contributed by atoms with Crippen molar-refractivity contribution in [1.29, 1.82) is 0 Å². The Labute approximate surface area is 89.3 Å². The van der Waals surface area contributed by atoms with E-state index < -0.39 is 0 Å². The maximum absolute atomic E-state index is 12.0. The van der Waals surface area contributed by atoms with Crippen LogP contribution in [-0.4, -0.2) is 28.6 Å². The minimum atomic E-state index is -0.0510. The van der Waals surface area contributed by atoms with Gasteiger partial charge in [0.05, 0.1) is 12.6 Å². The Morgan fingerprint density at radius 3 is 2.80 bits per heavy atom. The summed E-state index contributed by atoms with van der Waals surface area (Å²) >= 11 is 0. The normalized spacial score (nSPS) is 16.7. The lowest BCUT2D eigenvalue weighted by Crippen LogP contribution is -2.37. The van der Waals surface area contributed by atoms with Crippen LogP contribution in [0.1, 0.15) is 29.3 Å². The van der Waals surface area contributed by atoms with E-state index in [-0.39, 0.29) is 18.6 Å². The molecule has 0 aliphatic carbocycles. The minimum Gasteiger partial charge on any atom is -0.394 e. The van der Waals surface area contributed by atoms with E-state index in [9.17, 15) is 9.90 Å². The molecule has 0 saturated heterocycles. The zero-order valence-corrected chi connectivity index (χ0v) is 8.81. The molecule has 0 bridgehead atoms. The Bertz CT molecular complexity index is 372. The van der Waals surface area contributed by atoms with Gasteiger partial charge in [0.25, 0.3) is 5.91 Å². The number of carbonyl (C=O) groups is 1. The second kappa shape index (κ2) is 4.03. The van der Waals surface area contributed by atoms with Crippen LogP contribution >= 0.6 is 0 Å². The zero-order chi connectivity index (χ0) is 10.8. The molecule has 0 spiro atoms. The maximum atomic E-state index is 12.0. The van der Waals surface area contributed by atoms with Gasteiger partial charge in [0.2, 0.25) is 0 Å². The van der Waals surface area contributed by atoms with Crippen molar-refractivity contribution in [1.82, 2.24) is 4.90 Å². The van der Waals surface area contributed by atoms with Gasteiger partial charge in [-0.25, -0.2) is 0 Å². The topological polar surface area (TPSA) is 40.5 Å². The number of benzene rings is 1. The Hall–Kier alpha value is -1.35. The average Bonchev–Trinajstić information content (AvgIpc) is 2.60. The Balaban J connectivity index is 2.27. The van der Waals surface area contributed by atoms with Crippen LogP contribution in [0.4, 0.5) is 0 Å². The van der Waals surface area contributed by atoms with Gasteiger partial charge < -0.3 is 10.0 Å². The number of rotatable bonds is 3. The van der Waals surface area contributed by atoms with E-state index in [4.69, 9.17) is 0 Å². The Morgan fingerprint density at radius 1 is 1.47 bits per heavy atom. The molecule has 1 aromatic rings. The average molecular weight is 205 g/mol. The number of hydrogen-bond donors (Lipinski definition) is 1. The van der Waals surface area contributed by atoms with Gasteiger partial charge in [-0.15, -0.1) is 0 Å². The molecule has 2 rings (SSSR count). The molecule has 1 atom stereocenters. The molecule has 1 aromatic carbocycles. The van der Waals surface area contributed by atoms with Gasteiger partial charge in [-0.1, -0.05) is 25.1 Å². The molecule has 0 radical (unpaired) electrons. The van der Waals surface area contributed by atoms with E-state index in [0.717, 1.165) is 17.5 Å². The molecule has 0 saturated carbocycles. The molecule has 1 aliphatic heterocycles.